The highest BCUT2D eigenvalue weighted by atomic mass is 16.6. The molecule has 1 amide bonds. The average molecular weight is 305 g/mol. The van der Waals surface area contributed by atoms with Crippen LogP contribution >= 0.6 is 0 Å². The number of aryl methyl sites for hydroxylation is 1. The lowest BCUT2D eigenvalue weighted by atomic mass is 10.00. The fourth-order valence-corrected chi connectivity index (χ4v) is 1.83. The Morgan fingerprint density at radius 2 is 2.14 bits per heavy atom. The minimum atomic E-state index is -0.449. The SMILES string of the molecule is C=C(N)/C(=N\Oc1cc(C(C)C)c(O)cc1C)C(=O)NCC. The number of oxime groups is 1. The smallest absolute Gasteiger partial charge is 0.275 e. The van der Waals surface area contributed by atoms with Crippen LogP contribution in [-0.4, -0.2) is 23.3 Å². The van der Waals surface area contributed by atoms with Gasteiger partial charge in [0.1, 0.15) is 5.75 Å². The van der Waals surface area contributed by atoms with E-state index in [1.54, 1.807) is 26.0 Å². The summed E-state index contributed by atoms with van der Waals surface area (Å²) in [6.07, 6.45) is 0. The number of aromatic hydroxyl groups is 1. The molecule has 6 heteroatoms. The Morgan fingerprint density at radius 1 is 1.50 bits per heavy atom. The summed E-state index contributed by atoms with van der Waals surface area (Å²) in [7, 11) is 0. The molecule has 22 heavy (non-hydrogen) atoms. The summed E-state index contributed by atoms with van der Waals surface area (Å²) in [5.74, 6) is 0.329. The summed E-state index contributed by atoms with van der Waals surface area (Å²) < 4.78 is 0. The minimum absolute atomic E-state index is 0.0199. The first kappa shape index (κ1) is 17.6. The molecule has 0 atom stereocenters. The van der Waals surface area contributed by atoms with Gasteiger partial charge in [-0.05, 0) is 37.5 Å². The van der Waals surface area contributed by atoms with Gasteiger partial charge in [-0.2, -0.15) is 0 Å². The molecule has 0 saturated carbocycles. The van der Waals surface area contributed by atoms with E-state index in [-0.39, 0.29) is 23.1 Å². The maximum Gasteiger partial charge on any atom is 0.275 e. The molecule has 1 aromatic carbocycles. The molecule has 0 aromatic heterocycles. The monoisotopic (exact) mass is 305 g/mol. The van der Waals surface area contributed by atoms with E-state index in [1.807, 2.05) is 13.8 Å². The number of phenolic OH excluding ortho intramolecular Hbond substituents is 1. The van der Waals surface area contributed by atoms with E-state index in [9.17, 15) is 9.90 Å². The molecule has 0 aliphatic heterocycles. The van der Waals surface area contributed by atoms with E-state index >= 15 is 0 Å². The number of benzene rings is 1. The number of hydrogen-bond donors (Lipinski definition) is 3. The van der Waals surface area contributed by atoms with E-state index in [1.165, 1.54) is 0 Å². The summed E-state index contributed by atoms with van der Waals surface area (Å²) in [6.45, 7) is 11.4. The first-order valence-corrected chi connectivity index (χ1v) is 7.09. The first-order chi connectivity index (χ1) is 10.3. The molecular weight excluding hydrogens is 282 g/mol. The van der Waals surface area contributed by atoms with Crippen molar-refractivity contribution in [2.24, 2.45) is 10.9 Å². The Morgan fingerprint density at radius 3 is 2.64 bits per heavy atom. The molecule has 0 unspecified atom stereocenters. The summed E-state index contributed by atoms with van der Waals surface area (Å²) >= 11 is 0. The molecule has 0 spiro atoms. The van der Waals surface area contributed by atoms with Crippen LogP contribution in [0.5, 0.6) is 11.5 Å². The van der Waals surface area contributed by atoms with Gasteiger partial charge in [0.05, 0.1) is 5.70 Å². The van der Waals surface area contributed by atoms with Crippen molar-refractivity contribution >= 4 is 11.6 Å². The van der Waals surface area contributed by atoms with Crippen molar-refractivity contribution in [3.05, 3.63) is 35.5 Å². The van der Waals surface area contributed by atoms with Gasteiger partial charge in [-0.3, -0.25) is 4.79 Å². The van der Waals surface area contributed by atoms with E-state index in [4.69, 9.17) is 10.6 Å². The van der Waals surface area contributed by atoms with E-state index in [0.717, 1.165) is 5.56 Å². The van der Waals surface area contributed by atoms with Crippen molar-refractivity contribution < 1.29 is 14.7 Å². The maximum atomic E-state index is 11.8. The van der Waals surface area contributed by atoms with Gasteiger partial charge in [-0.1, -0.05) is 25.6 Å². The number of nitrogens with zero attached hydrogens (tertiary/aromatic N) is 1. The van der Waals surface area contributed by atoms with E-state index < -0.39 is 5.91 Å². The normalized spacial score (nSPS) is 11.4. The summed E-state index contributed by atoms with van der Waals surface area (Å²) in [5, 5.41) is 16.3. The molecule has 4 N–H and O–H groups in total. The zero-order valence-corrected chi connectivity index (χ0v) is 13.4. The van der Waals surface area contributed by atoms with Crippen LogP contribution in [0.15, 0.2) is 29.6 Å². The van der Waals surface area contributed by atoms with Gasteiger partial charge in [-0.25, -0.2) is 0 Å². The van der Waals surface area contributed by atoms with Gasteiger partial charge in [-0.15, -0.1) is 0 Å². The zero-order valence-electron chi connectivity index (χ0n) is 13.4. The molecule has 0 radical (unpaired) electrons. The van der Waals surface area contributed by atoms with Gasteiger partial charge in [0.15, 0.2) is 11.5 Å². The molecular formula is C16H23N3O3. The van der Waals surface area contributed by atoms with Crippen LogP contribution in [0.4, 0.5) is 0 Å². The van der Waals surface area contributed by atoms with Crippen molar-refractivity contribution in [3.63, 3.8) is 0 Å². The second-order valence-corrected chi connectivity index (χ2v) is 5.25. The number of rotatable bonds is 6. The topological polar surface area (TPSA) is 96.9 Å². The van der Waals surface area contributed by atoms with Gasteiger partial charge >= 0.3 is 0 Å². The number of nitrogens with one attached hydrogen (secondary N) is 1. The molecule has 0 aliphatic rings. The third-order valence-corrected chi connectivity index (χ3v) is 3.04. The summed E-state index contributed by atoms with van der Waals surface area (Å²) in [5.41, 5.74) is 6.95. The first-order valence-electron chi connectivity index (χ1n) is 7.09. The highest BCUT2D eigenvalue weighted by Gasteiger charge is 2.15. The van der Waals surface area contributed by atoms with Crippen LogP contribution in [0.3, 0.4) is 0 Å². The molecule has 1 rings (SSSR count). The lowest BCUT2D eigenvalue weighted by Crippen LogP contribution is -2.34. The largest absolute Gasteiger partial charge is 0.508 e. The quantitative estimate of drug-likeness (QED) is 0.554. The number of amides is 1. The standard InChI is InChI=1S/C16H23N3O3/c1-6-18-16(21)15(11(5)17)19-22-14-8-12(9(2)3)13(20)7-10(14)4/h7-9,20H,5-6,17H2,1-4H3,(H,18,21)/b19-15+. The third kappa shape index (κ3) is 4.25. The van der Waals surface area contributed by atoms with Crippen molar-refractivity contribution in [3.8, 4) is 11.5 Å². The minimum Gasteiger partial charge on any atom is -0.508 e. The number of nitrogens with two attached hydrogens (primary N) is 1. The van der Waals surface area contributed by atoms with Gasteiger partial charge in [0.25, 0.3) is 5.91 Å². The third-order valence-electron chi connectivity index (χ3n) is 3.04. The number of carbonyl (C=O) groups is 1. The Bertz CT molecular complexity index is 607. The lowest BCUT2D eigenvalue weighted by molar-refractivity contribution is -0.114. The van der Waals surface area contributed by atoms with Crippen LogP contribution in [0.1, 0.15) is 37.8 Å². The predicted molar refractivity (Wildman–Crippen MR) is 87.0 cm³/mol. The molecule has 0 saturated heterocycles. The van der Waals surface area contributed by atoms with Crippen LogP contribution in [-0.2, 0) is 4.79 Å². The van der Waals surface area contributed by atoms with Crippen LogP contribution in [0, 0.1) is 6.92 Å². The summed E-state index contributed by atoms with van der Waals surface area (Å²) in [6, 6.07) is 3.30. The molecule has 0 bridgehead atoms. The molecule has 0 heterocycles. The zero-order chi connectivity index (χ0) is 16.9. The fourth-order valence-electron chi connectivity index (χ4n) is 1.83. The van der Waals surface area contributed by atoms with Crippen molar-refractivity contribution in [2.45, 2.75) is 33.6 Å². The lowest BCUT2D eigenvalue weighted by Gasteiger charge is -2.12. The molecule has 0 aliphatic carbocycles. The van der Waals surface area contributed by atoms with Gasteiger partial charge in [0.2, 0.25) is 0 Å². The molecule has 1 aromatic rings. The predicted octanol–water partition coefficient (Wildman–Crippen LogP) is 2.17. The Hall–Kier alpha value is -2.50. The Kier molecular flexibility index (Phi) is 5.98. The molecule has 0 fully saturated rings. The van der Waals surface area contributed by atoms with Crippen LogP contribution < -0.4 is 15.9 Å². The van der Waals surface area contributed by atoms with Crippen molar-refractivity contribution in [1.82, 2.24) is 5.32 Å². The Balaban J connectivity index is 3.12. The van der Waals surface area contributed by atoms with Crippen LogP contribution in [0.25, 0.3) is 0 Å². The number of hydrogen-bond acceptors (Lipinski definition) is 5. The summed E-state index contributed by atoms with van der Waals surface area (Å²) in [4.78, 5) is 17.2. The van der Waals surface area contributed by atoms with E-state index in [0.29, 0.717) is 17.9 Å². The Labute approximate surface area is 130 Å². The number of carbonyl (C=O) groups excluding carboxylic acids is 1. The van der Waals surface area contributed by atoms with Crippen molar-refractivity contribution in [1.29, 1.82) is 0 Å². The average Bonchev–Trinajstić information content (AvgIpc) is 2.40. The highest BCUT2D eigenvalue weighted by molar-refractivity contribution is 6.44. The second-order valence-electron chi connectivity index (χ2n) is 5.25. The molecule has 6 nitrogen and oxygen atoms in total. The fraction of sp³-hybridized carbons (Fsp3) is 0.375. The highest BCUT2D eigenvalue weighted by Crippen LogP contribution is 2.32. The second kappa shape index (κ2) is 7.49. The number of phenols is 1. The van der Waals surface area contributed by atoms with E-state index in [2.05, 4.69) is 17.1 Å². The van der Waals surface area contributed by atoms with Crippen LogP contribution in [0.2, 0.25) is 0 Å². The van der Waals surface area contributed by atoms with Gasteiger partial charge in [0, 0.05) is 12.1 Å². The maximum absolute atomic E-state index is 11.8. The molecule has 120 valence electrons. The van der Waals surface area contributed by atoms with Crippen molar-refractivity contribution in [2.75, 3.05) is 6.54 Å². The van der Waals surface area contributed by atoms with Gasteiger partial charge < -0.3 is 21.0 Å².